The fourth-order valence-corrected chi connectivity index (χ4v) is 2.22. The maximum absolute atomic E-state index is 10.7. The molecule has 0 aliphatic carbocycles. The Balaban J connectivity index is 1.94. The third-order valence-corrected chi connectivity index (χ3v) is 3.24. The maximum atomic E-state index is 10.7. The molecule has 0 amide bonds. The molecule has 7 heteroatoms. The van der Waals surface area contributed by atoms with Crippen LogP contribution in [0, 0.1) is 13.7 Å². The quantitative estimate of drug-likeness (QED) is 0.507. The predicted octanol–water partition coefficient (Wildman–Crippen LogP) is 2.51. The van der Waals surface area contributed by atoms with Crippen molar-refractivity contribution in [2.24, 2.45) is 0 Å². The van der Waals surface area contributed by atoms with Gasteiger partial charge in [-0.15, -0.1) is 0 Å². The van der Waals surface area contributed by atoms with Crippen molar-refractivity contribution >= 4 is 34.0 Å². The number of nitrogens with zero attached hydrogens (tertiary/aromatic N) is 3. The molecule has 1 N–H and O–H groups in total. The van der Waals surface area contributed by atoms with Crippen LogP contribution in [0.15, 0.2) is 36.7 Å². The second-order valence-corrected chi connectivity index (χ2v) is 4.78. The minimum Gasteiger partial charge on any atom is -0.383 e. The van der Waals surface area contributed by atoms with Gasteiger partial charge < -0.3 is 5.32 Å². The van der Waals surface area contributed by atoms with Crippen molar-refractivity contribution in [2.75, 3.05) is 11.9 Å². The molecule has 0 radical (unpaired) electrons. The number of aromatic nitrogens is 2. The summed E-state index contributed by atoms with van der Waals surface area (Å²) in [6.07, 6.45) is 3.62. The van der Waals surface area contributed by atoms with E-state index >= 15 is 0 Å². The number of nitro groups is 1. The number of hydrogen-bond donors (Lipinski definition) is 1. The first kappa shape index (κ1) is 12.8. The van der Waals surface area contributed by atoms with Gasteiger partial charge in [0.2, 0.25) is 0 Å². The molecule has 0 bridgehead atoms. The number of benzene rings is 1. The van der Waals surface area contributed by atoms with Gasteiger partial charge in [0, 0.05) is 30.7 Å². The summed E-state index contributed by atoms with van der Waals surface area (Å²) in [6.45, 7) is 1.47. The highest BCUT2D eigenvalue weighted by atomic mass is 127. The Bertz CT molecular complexity index is 542. The van der Waals surface area contributed by atoms with Gasteiger partial charge in [0.05, 0.1) is 15.0 Å². The average Bonchev–Trinajstić information content (AvgIpc) is 2.81. The zero-order valence-corrected chi connectivity index (χ0v) is 11.6. The SMILES string of the molecule is O=[N+]([O-])c1ccc(NCCn2cccn2)cc1I. The van der Waals surface area contributed by atoms with Gasteiger partial charge >= 0.3 is 0 Å². The molecule has 0 aliphatic rings. The molecule has 0 unspecified atom stereocenters. The molecule has 0 saturated carbocycles. The summed E-state index contributed by atoms with van der Waals surface area (Å²) in [4.78, 5) is 10.3. The molecule has 2 aromatic rings. The van der Waals surface area contributed by atoms with E-state index in [4.69, 9.17) is 0 Å². The highest BCUT2D eigenvalue weighted by Gasteiger charge is 2.11. The zero-order valence-electron chi connectivity index (χ0n) is 9.41. The van der Waals surface area contributed by atoms with Gasteiger partial charge in [0.25, 0.3) is 5.69 Å². The van der Waals surface area contributed by atoms with Crippen LogP contribution in [-0.2, 0) is 6.54 Å². The largest absolute Gasteiger partial charge is 0.383 e. The molecular weight excluding hydrogens is 347 g/mol. The number of nitrogens with one attached hydrogen (secondary N) is 1. The Hall–Kier alpha value is -1.64. The normalized spacial score (nSPS) is 10.3. The number of anilines is 1. The van der Waals surface area contributed by atoms with Crippen LogP contribution in [-0.4, -0.2) is 21.2 Å². The third kappa shape index (κ3) is 3.19. The van der Waals surface area contributed by atoms with Crippen molar-refractivity contribution in [1.82, 2.24) is 9.78 Å². The molecule has 0 spiro atoms. The van der Waals surface area contributed by atoms with Gasteiger partial charge in [-0.1, -0.05) is 0 Å². The van der Waals surface area contributed by atoms with Crippen LogP contribution < -0.4 is 5.32 Å². The van der Waals surface area contributed by atoms with Crippen LogP contribution in [0.25, 0.3) is 0 Å². The number of hydrogen-bond acceptors (Lipinski definition) is 4. The van der Waals surface area contributed by atoms with Crippen molar-refractivity contribution in [3.8, 4) is 0 Å². The molecule has 1 heterocycles. The summed E-state index contributed by atoms with van der Waals surface area (Å²) < 4.78 is 2.45. The van der Waals surface area contributed by atoms with E-state index in [0.29, 0.717) is 3.57 Å². The molecule has 1 aromatic carbocycles. The summed E-state index contributed by atoms with van der Waals surface area (Å²) in [6, 6.07) is 6.86. The standard InChI is InChI=1S/C11H11IN4O2/c12-10-8-9(2-3-11(10)16(17)18)13-5-7-15-6-1-4-14-15/h1-4,6,8,13H,5,7H2. The van der Waals surface area contributed by atoms with Crippen molar-refractivity contribution in [1.29, 1.82) is 0 Å². The summed E-state index contributed by atoms with van der Waals surface area (Å²) in [5.74, 6) is 0. The summed E-state index contributed by atoms with van der Waals surface area (Å²) in [5, 5.41) is 18.0. The van der Waals surface area contributed by atoms with E-state index in [2.05, 4.69) is 10.4 Å². The summed E-state index contributed by atoms with van der Waals surface area (Å²) >= 11 is 1.96. The Morgan fingerprint density at radius 3 is 2.94 bits per heavy atom. The Labute approximate surface area is 117 Å². The molecule has 18 heavy (non-hydrogen) atoms. The molecule has 0 saturated heterocycles. The van der Waals surface area contributed by atoms with Gasteiger partial charge in [0.15, 0.2) is 0 Å². The first-order valence-corrected chi connectivity index (χ1v) is 6.40. The Morgan fingerprint density at radius 1 is 1.50 bits per heavy atom. The van der Waals surface area contributed by atoms with Gasteiger partial charge in [-0.05, 0) is 40.8 Å². The maximum Gasteiger partial charge on any atom is 0.282 e. The van der Waals surface area contributed by atoms with Crippen LogP contribution in [0.2, 0.25) is 0 Å². The molecular formula is C11H11IN4O2. The fourth-order valence-electron chi connectivity index (χ4n) is 1.51. The van der Waals surface area contributed by atoms with Crippen molar-refractivity contribution in [2.45, 2.75) is 6.54 Å². The highest BCUT2D eigenvalue weighted by molar-refractivity contribution is 14.1. The van der Waals surface area contributed by atoms with E-state index in [1.54, 1.807) is 18.3 Å². The van der Waals surface area contributed by atoms with Crippen molar-refractivity contribution < 1.29 is 4.92 Å². The van der Waals surface area contributed by atoms with E-state index in [-0.39, 0.29) is 10.6 Å². The lowest BCUT2D eigenvalue weighted by molar-refractivity contribution is -0.385. The van der Waals surface area contributed by atoms with Crippen LogP contribution in [0.4, 0.5) is 11.4 Å². The lowest BCUT2D eigenvalue weighted by Gasteiger charge is -2.07. The van der Waals surface area contributed by atoms with E-state index < -0.39 is 0 Å². The molecule has 6 nitrogen and oxygen atoms in total. The van der Waals surface area contributed by atoms with Crippen molar-refractivity contribution in [3.63, 3.8) is 0 Å². The highest BCUT2D eigenvalue weighted by Crippen LogP contribution is 2.23. The van der Waals surface area contributed by atoms with E-state index in [9.17, 15) is 10.1 Å². The van der Waals surface area contributed by atoms with Gasteiger partial charge in [-0.2, -0.15) is 5.10 Å². The number of halogens is 1. The smallest absolute Gasteiger partial charge is 0.282 e. The van der Waals surface area contributed by atoms with E-state index in [1.807, 2.05) is 39.5 Å². The zero-order chi connectivity index (χ0) is 13.0. The van der Waals surface area contributed by atoms with E-state index in [0.717, 1.165) is 18.8 Å². The first-order chi connectivity index (χ1) is 8.66. The van der Waals surface area contributed by atoms with Crippen LogP contribution in [0.1, 0.15) is 0 Å². The first-order valence-electron chi connectivity index (χ1n) is 5.32. The molecule has 1 aromatic heterocycles. The molecule has 0 atom stereocenters. The van der Waals surface area contributed by atoms with Crippen LogP contribution in [0.3, 0.4) is 0 Å². The minimum absolute atomic E-state index is 0.133. The topological polar surface area (TPSA) is 73.0 Å². The minimum atomic E-state index is -0.380. The monoisotopic (exact) mass is 358 g/mol. The predicted molar refractivity (Wildman–Crippen MR) is 76.5 cm³/mol. The third-order valence-electron chi connectivity index (χ3n) is 2.37. The number of rotatable bonds is 5. The number of nitro benzene ring substituents is 1. The molecule has 0 aliphatic heterocycles. The Kier molecular flexibility index (Phi) is 4.13. The average molecular weight is 358 g/mol. The van der Waals surface area contributed by atoms with Crippen LogP contribution >= 0.6 is 22.6 Å². The lowest BCUT2D eigenvalue weighted by atomic mass is 10.3. The fraction of sp³-hybridized carbons (Fsp3) is 0.182. The van der Waals surface area contributed by atoms with Crippen LogP contribution in [0.5, 0.6) is 0 Å². The van der Waals surface area contributed by atoms with Gasteiger partial charge in [-0.25, -0.2) is 0 Å². The summed E-state index contributed by atoms with van der Waals surface area (Å²) in [7, 11) is 0. The van der Waals surface area contributed by atoms with E-state index in [1.165, 1.54) is 6.07 Å². The summed E-state index contributed by atoms with van der Waals surface area (Å²) in [5.41, 5.74) is 1.00. The molecule has 0 fully saturated rings. The molecule has 94 valence electrons. The second-order valence-electron chi connectivity index (χ2n) is 3.62. The second kappa shape index (κ2) is 5.80. The molecule has 2 rings (SSSR count). The van der Waals surface area contributed by atoms with Gasteiger partial charge in [-0.3, -0.25) is 14.8 Å². The van der Waals surface area contributed by atoms with Gasteiger partial charge in [0.1, 0.15) is 0 Å². The Morgan fingerprint density at radius 2 is 2.33 bits per heavy atom. The lowest BCUT2D eigenvalue weighted by Crippen LogP contribution is -2.10. The van der Waals surface area contributed by atoms with Crippen molar-refractivity contribution in [3.05, 3.63) is 50.3 Å².